The zero-order valence-corrected chi connectivity index (χ0v) is 24.2. The minimum absolute atomic E-state index is 0.0658. The molecule has 9 nitrogen and oxygen atoms in total. The van der Waals surface area contributed by atoms with Crippen LogP contribution in [0.1, 0.15) is 40.0 Å². The third-order valence-electron chi connectivity index (χ3n) is 9.13. The Morgan fingerprint density at radius 3 is 2.51 bits per heavy atom. The molecule has 39 heavy (non-hydrogen) atoms. The van der Waals surface area contributed by atoms with Crippen LogP contribution < -0.4 is 0 Å². The molecule has 1 spiro atoms. The predicted molar refractivity (Wildman–Crippen MR) is 149 cm³/mol. The van der Waals surface area contributed by atoms with Crippen LogP contribution in [0.3, 0.4) is 0 Å². The summed E-state index contributed by atoms with van der Waals surface area (Å²) in [7, 11) is 0. The summed E-state index contributed by atoms with van der Waals surface area (Å²) in [5.74, 6) is -2.25. The van der Waals surface area contributed by atoms with Gasteiger partial charge in [-0.1, -0.05) is 38.2 Å². The van der Waals surface area contributed by atoms with E-state index in [0.29, 0.717) is 32.9 Å². The van der Waals surface area contributed by atoms with Gasteiger partial charge in [0.15, 0.2) is 0 Å². The summed E-state index contributed by atoms with van der Waals surface area (Å²) in [6.07, 6.45) is 10.8. The summed E-state index contributed by atoms with van der Waals surface area (Å²) in [6, 6.07) is -1.34. The van der Waals surface area contributed by atoms with Gasteiger partial charge in [-0.15, -0.1) is 11.8 Å². The number of aliphatic hydroxyl groups excluding tert-OH is 1. The molecular weight excluding hydrogens is 518 g/mol. The Hall–Kier alpha value is -1.88. The molecule has 2 amide bonds. The number of cyclic esters (lactones) is 1. The molecule has 0 bridgehead atoms. The SMILES string of the molecule is CC(C)[C@H](CO)N1C(=O)[C@@H]2[C@@H]3C(=O)OCCCC/C=C\[C@]3(C)S[C@@]23C=CCN(CCN2CCOCC2)C(=O)C13. The number of ether oxygens (including phenoxy) is 2. The van der Waals surface area contributed by atoms with Crippen molar-refractivity contribution < 1.29 is 29.0 Å². The summed E-state index contributed by atoms with van der Waals surface area (Å²) in [5, 5.41) is 10.4. The van der Waals surface area contributed by atoms with Crippen LogP contribution in [0.2, 0.25) is 0 Å². The first-order chi connectivity index (χ1) is 18.7. The summed E-state index contributed by atoms with van der Waals surface area (Å²) >= 11 is 1.56. The van der Waals surface area contributed by atoms with E-state index in [9.17, 15) is 19.5 Å². The topological polar surface area (TPSA) is 99.6 Å². The van der Waals surface area contributed by atoms with Gasteiger partial charge in [0.25, 0.3) is 0 Å². The highest BCUT2D eigenvalue weighted by Crippen LogP contribution is 2.65. The van der Waals surface area contributed by atoms with Gasteiger partial charge in [0, 0.05) is 37.5 Å². The second kappa shape index (κ2) is 11.5. The van der Waals surface area contributed by atoms with E-state index in [-0.39, 0.29) is 30.3 Å². The largest absolute Gasteiger partial charge is 0.465 e. The van der Waals surface area contributed by atoms with Crippen molar-refractivity contribution in [3.05, 3.63) is 24.3 Å². The quantitative estimate of drug-likeness (QED) is 0.387. The van der Waals surface area contributed by atoms with E-state index in [2.05, 4.69) is 17.1 Å². The zero-order valence-electron chi connectivity index (χ0n) is 23.4. The number of carbonyl (C=O) groups is 3. The second-order valence-electron chi connectivity index (χ2n) is 11.9. The van der Waals surface area contributed by atoms with Crippen molar-refractivity contribution in [2.75, 3.05) is 59.2 Å². The molecule has 0 aliphatic carbocycles. The number of likely N-dealkylation sites (tertiary alicyclic amines) is 1. The Morgan fingerprint density at radius 1 is 1.03 bits per heavy atom. The van der Waals surface area contributed by atoms with Crippen molar-refractivity contribution in [1.29, 1.82) is 0 Å². The number of esters is 1. The maximum atomic E-state index is 14.5. The number of amides is 2. The molecule has 5 rings (SSSR count). The van der Waals surface area contributed by atoms with Crippen molar-refractivity contribution in [2.24, 2.45) is 17.8 Å². The third kappa shape index (κ3) is 5.06. The van der Waals surface area contributed by atoms with E-state index in [0.717, 1.165) is 38.9 Å². The molecule has 5 aliphatic heterocycles. The molecule has 6 atom stereocenters. The van der Waals surface area contributed by atoms with Crippen molar-refractivity contribution in [3.63, 3.8) is 0 Å². The first kappa shape index (κ1) is 28.6. The molecular formula is C29H43N3O6S. The fourth-order valence-electron chi connectivity index (χ4n) is 7.05. The van der Waals surface area contributed by atoms with Gasteiger partial charge in [0.05, 0.1) is 49.1 Å². The standard InChI is InChI=1S/C29H43N3O6S/c1-20(2)21(19-33)32-24-26(35)31(13-12-30-14-17-37-18-15-30)11-8-10-29(24)22(25(32)34)23-27(36)38-16-7-5-4-6-9-28(23,3)39-29/h6,8-10,20-24,33H,4-5,7,11-19H2,1-3H3/b9-6-/t21-,22-,23+,24?,28-,29-/m0/s1. The molecule has 216 valence electrons. The molecule has 0 aromatic rings. The van der Waals surface area contributed by atoms with Crippen molar-refractivity contribution in [3.8, 4) is 0 Å². The first-order valence-corrected chi connectivity index (χ1v) is 15.3. The summed E-state index contributed by atoms with van der Waals surface area (Å²) in [4.78, 5) is 48.4. The minimum atomic E-state index is -0.930. The Kier molecular flexibility index (Phi) is 8.48. The summed E-state index contributed by atoms with van der Waals surface area (Å²) in [5.41, 5.74) is 0. The van der Waals surface area contributed by atoms with Gasteiger partial charge in [-0.3, -0.25) is 19.3 Å². The van der Waals surface area contributed by atoms with E-state index in [1.165, 1.54) is 0 Å². The van der Waals surface area contributed by atoms with E-state index >= 15 is 0 Å². The van der Waals surface area contributed by atoms with Crippen molar-refractivity contribution >= 4 is 29.5 Å². The van der Waals surface area contributed by atoms with Gasteiger partial charge in [-0.05, 0) is 32.1 Å². The number of rotatable bonds is 6. The third-order valence-corrected chi connectivity index (χ3v) is 10.9. The first-order valence-electron chi connectivity index (χ1n) is 14.5. The van der Waals surface area contributed by atoms with Crippen LogP contribution in [-0.2, 0) is 23.9 Å². The fourth-order valence-corrected chi connectivity index (χ4v) is 9.19. The van der Waals surface area contributed by atoms with Gasteiger partial charge in [-0.25, -0.2) is 0 Å². The molecule has 5 aliphatic rings. The van der Waals surface area contributed by atoms with E-state index in [1.807, 2.05) is 37.8 Å². The van der Waals surface area contributed by atoms with Crippen LogP contribution >= 0.6 is 11.8 Å². The molecule has 10 heteroatoms. The highest BCUT2D eigenvalue weighted by molar-refractivity contribution is 8.02. The monoisotopic (exact) mass is 561 g/mol. The number of fused-ring (bicyclic) bond motifs is 2. The summed E-state index contributed by atoms with van der Waals surface area (Å²) < 4.78 is 9.59. The number of hydrogen-bond acceptors (Lipinski definition) is 8. The zero-order chi connectivity index (χ0) is 27.8. The second-order valence-corrected chi connectivity index (χ2v) is 13.7. The molecule has 5 heterocycles. The van der Waals surface area contributed by atoms with Crippen molar-refractivity contribution in [1.82, 2.24) is 14.7 Å². The average Bonchev–Trinajstić information content (AvgIpc) is 3.24. The number of aliphatic hydroxyl groups is 1. The molecule has 3 fully saturated rings. The molecule has 1 N–H and O–H groups in total. The van der Waals surface area contributed by atoms with E-state index in [1.54, 1.807) is 16.7 Å². The lowest BCUT2D eigenvalue weighted by molar-refractivity contribution is -0.155. The molecule has 0 aromatic heterocycles. The average molecular weight is 562 g/mol. The van der Waals surface area contributed by atoms with Crippen LogP contribution in [0.5, 0.6) is 0 Å². The van der Waals surface area contributed by atoms with Crippen LogP contribution in [0, 0.1) is 17.8 Å². The Labute approximate surface area is 235 Å². The normalized spacial score (nSPS) is 37.3. The van der Waals surface area contributed by atoms with Gasteiger partial charge in [0.1, 0.15) is 6.04 Å². The van der Waals surface area contributed by atoms with Crippen LogP contribution in [0.4, 0.5) is 0 Å². The molecule has 1 unspecified atom stereocenters. The van der Waals surface area contributed by atoms with Crippen LogP contribution in [0.25, 0.3) is 0 Å². The van der Waals surface area contributed by atoms with Crippen LogP contribution in [0.15, 0.2) is 24.3 Å². The lowest BCUT2D eigenvalue weighted by atomic mass is 9.74. The number of morpholine rings is 1. The number of carbonyl (C=O) groups excluding carboxylic acids is 3. The Bertz CT molecular complexity index is 1010. The number of hydrogen-bond donors (Lipinski definition) is 1. The van der Waals surface area contributed by atoms with Gasteiger partial charge in [-0.2, -0.15) is 0 Å². The number of nitrogens with zero attached hydrogens (tertiary/aromatic N) is 3. The number of thioether (sulfide) groups is 1. The molecule has 0 radical (unpaired) electrons. The number of allylic oxidation sites excluding steroid dienone is 1. The lowest BCUT2D eigenvalue weighted by Gasteiger charge is -2.41. The lowest BCUT2D eigenvalue weighted by Crippen LogP contribution is -2.58. The summed E-state index contributed by atoms with van der Waals surface area (Å²) in [6.45, 7) is 10.8. The smallest absolute Gasteiger partial charge is 0.311 e. The highest BCUT2D eigenvalue weighted by atomic mass is 32.2. The minimum Gasteiger partial charge on any atom is -0.465 e. The highest BCUT2D eigenvalue weighted by Gasteiger charge is 2.74. The van der Waals surface area contributed by atoms with E-state index < -0.39 is 33.4 Å². The maximum Gasteiger partial charge on any atom is 0.311 e. The molecule has 0 aromatic carbocycles. The molecule has 3 saturated heterocycles. The maximum absolute atomic E-state index is 14.5. The fraction of sp³-hybridized carbons (Fsp3) is 0.759. The molecule has 0 saturated carbocycles. The van der Waals surface area contributed by atoms with E-state index in [4.69, 9.17) is 9.47 Å². The van der Waals surface area contributed by atoms with Gasteiger partial charge in [0.2, 0.25) is 11.8 Å². The van der Waals surface area contributed by atoms with Gasteiger partial charge < -0.3 is 24.4 Å². The van der Waals surface area contributed by atoms with Crippen LogP contribution in [-0.4, -0.2) is 118 Å². The van der Waals surface area contributed by atoms with Crippen molar-refractivity contribution in [2.45, 2.75) is 61.6 Å². The Morgan fingerprint density at radius 2 is 1.79 bits per heavy atom. The Balaban J connectivity index is 1.55. The predicted octanol–water partition coefficient (Wildman–Crippen LogP) is 1.70. The van der Waals surface area contributed by atoms with Gasteiger partial charge >= 0.3 is 5.97 Å².